The van der Waals surface area contributed by atoms with E-state index >= 15 is 0 Å². The normalized spacial score (nSPS) is 11.0. The van der Waals surface area contributed by atoms with Gasteiger partial charge in [0.05, 0.1) is 0 Å². The van der Waals surface area contributed by atoms with E-state index in [1.807, 2.05) is 0 Å². The summed E-state index contributed by atoms with van der Waals surface area (Å²) in [5.41, 5.74) is 1.33. The van der Waals surface area contributed by atoms with Crippen LogP contribution in [0.2, 0.25) is 0 Å². The van der Waals surface area contributed by atoms with Crippen molar-refractivity contribution in [3.8, 4) is 0 Å². The van der Waals surface area contributed by atoms with E-state index in [-0.39, 0.29) is 0 Å². The summed E-state index contributed by atoms with van der Waals surface area (Å²) in [7, 11) is 2.06. The molecule has 0 saturated carbocycles. The minimum absolute atomic E-state index is 0.402. The summed E-state index contributed by atoms with van der Waals surface area (Å²) in [5.74, 6) is 1.34. The van der Waals surface area contributed by atoms with Crippen molar-refractivity contribution in [3.63, 3.8) is 0 Å². The zero-order chi connectivity index (χ0) is 11.5. The van der Waals surface area contributed by atoms with Crippen molar-refractivity contribution in [1.82, 2.24) is 9.36 Å². The van der Waals surface area contributed by atoms with E-state index in [1.165, 1.54) is 17.1 Å². The van der Waals surface area contributed by atoms with Crippen LogP contribution in [-0.2, 0) is 6.54 Å². The van der Waals surface area contributed by atoms with Crippen LogP contribution >= 0.6 is 22.9 Å². The molecular formula is C11H15N3S2. The van der Waals surface area contributed by atoms with Gasteiger partial charge in [-0.05, 0) is 22.4 Å². The minimum atomic E-state index is 0.402. The number of rotatable bonds is 4. The van der Waals surface area contributed by atoms with Crippen LogP contribution in [0.4, 0.5) is 5.13 Å². The van der Waals surface area contributed by atoms with Crippen molar-refractivity contribution in [2.24, 2.45) is 0 Å². The van der Waals surface area contributed by atoms with Gasteiger partial charge in [0.1, 0.15) is 5.82 Å². The van der Waals surface area contributed by atoms with E-state index in [9.17, 15) is 0 Å². The van der Waals surface area contributed by atoms with Gasteiger partial charge in [-0.2, -0.15) is 15.7 Å². The summed E-state index contributed by atoms with van der Waals surface area (Å²) >= 11 is 3.20. The molecule has 2 heterocycles. The van der Waals surface area contributed by atoms with Gasteiger partial charge in [0.25, 0.3) is 0 Å². The molecule has 0 aromatic carbocycles. The molecule has 86 valence electrons. The third-order valence-corrected chi connectivity index (χ3v) is 3.85. The number of hydrogen-bond acceptors (Lipinski definition) is 5. The number of hydrogen-bond donors (Lipinski definition) is 0. The molecular weight excluding hydrogens is 238 g/mol. The van der Waals surface area contributed by atoms with Gasteiger partial charge in [-0.1, -0.05) is 13.8 Å². The first-order chi connectivity index (χ1) is 7.66. The van der Waals surface area contributed by atoms with E-state index in [0.717, 1.165) is 17.5 Å². The number of thiophene rings is 1. The Bertz CT molecular complexity index is 434. The molecule has 2 aromatic rings. The highest BCUT2D eigenvalue weighted by Crippen LogP contribution is 2.22. The Morgan fingerprint density at radius 1 is 1.44 bits per heavy atom. The maximum absolute atomic E-state index is 4.53. The lowest BCUT2D eigenvalue weighted by Gasteiger charge is -2.13. The molecule has 0 bridgehead atoms. The minimum Gasteiger partial charge on any atom is -0.346 e. The molecule has 0 atom stereocenters. The second-order valence-electron chi connectivity index (χ2n) is 4.08. The third-order valence-electron chi connectivity index (χ3n) is 2.27. The van der Waals surface area contributed by atoms with Crippen LogP contribution in [-0.4, -0.2) is 16.4 Å². The second-order valence-corrected chi connectivity index (χ2v) is 5.59. The Kier molecular flexibility index (Phi) is 3.56. The molecule has 0 radical (unpaired) electrons. The fourth-order valence-electron chi connectivity index (χ4n) is 1.34. The standard InChI is InChI=1S/C11H15N3S2/c1-8(2)10-12-11(16-13-10)14(3)6-9-4-5-15-7-9/h4-5,7-8H,6H2,1-3H3. The average Bonchev–Trinajstić information content (AvgIpc) is 2.86. The number of nitrogens with zero attached hydrogens (tertiary/aromatic N) is 3. The van der Waals surface area contributed by atoms with Gasteiger partial charge >= 0.3 is 0 Å². The number of aromatic nitrogens is 2. The van der Waals surface area contributed by atoms with Crippen molar-refractivity contribution in [1.29, 1.82) is 0 Å². The van der Waals surface area contributed by atoms with E-state index < -0.39 is 0 Å². The Labute approximate surface area is 104 Å². The van der Waals surface area contributed by atoms with Crippen molar-refractivity contribution < 1.29 is 0 Å². The summed E-state index contributed by atoms with van der Waals surface area (Å²) in [4.78, 5) is 6.67. The van der Waals surface area contributed by atoms with Crippen LogP contribution in [0.5, 0.6) is 0 Å². The molecule has 5 heteroatoms. The van der Waals surface area contributed by atoms with Crippen LogP contribution in [0.3, 0.4) is 0 Å². The third kappa shape index (κ3) is 2.59. The first-order valence-corrected chi connectivity index (χ1v) is 6.94. The van der Waals surface area contributed by atoms with Crippen LogP contribution in [0.25, 0.3) is 0 Å². The molecule has 2 aromatic heterocycles. The Hall–Kier alpha value is -0.940. The summed E-state index contributed by atoms with van der Waals surface area (Å²) < 4.78 is 4.36. The lowest BCUT2D eigenvalue weighted by molar-refractivity contribution is 0.792. The first-order valence-electron chi connectivity index (χ1n) is 5.22. The van der Waals surface area contributed by atoms with Gasteiger partial charge < -0.3 is 4.90 Å². The van der Waals surface area contributed by atoms with Crippen molar-refractivity contribution in [2.75, 3.05) is 11.9 Å². The van der Waals surface area contributed by atoms with Crippen LogP contribution in [0.15, 0.2) is 16.8 Å². The average molecular weight is 253 g/mol. The summed E-state index contributed by atoms with van der Waals surface area (Å²) in [6.07, 6.45) is 0. The molecule has 0 aliphatic rings. The van der Waals surface area contributed by atoms with Crippen LogP contribution in [0.1, 0.15) is 31.2 Å². The van der Waals surface area contributed by atoms with E-state index in [2.05, 4.69) is 52.0 Å². The molecule has 16 heavy (non-hydrogen) atoms. The van der Waals surface area contributed by atoms with Crippen molar-refractivity contribution >= 4 is 28.0 Å². The van der Waals surface area contributed by atoms with Gasteiger partial charge in [0.15, 0.2) is 0 Å². The fourth-order valence-corrected chi connectivity index (χ4v) is 2.77. The van der Waals surface area contributed by atoms with E-state index in [1.54, 1.807) is 11.3 Å². The molecule has 0 unspecified atom stereocenters. The van der Waals surface area contributed by atoms with Crippen molar-refractivity contribution in [2.45, 2.75) is 26.3 Å². The Morgan fingerprint density at radius 3 is 2.81 bits per heavy atom. The van der Waals surface area contributed by atoms with Crippen LogP contribution in [0, 0.1) is 0 Å². The zero-order valence-electron chi connectivity index (χ0n) is 9.67. The first kappa shape index (κ1) is 11.5. The topological polar surface area (TPSA) is 29.0 Å². The highest BCUT2D eigenvalue weighted by atomic mass is 32.1. The lowest BCUT2D eigenvalue weighted by atomic mass is 10.2. The van der Waals surface area contributed by atoms with Gasteiger partial charge in [-0.15, -0.1) is 0 Å². The quantitative estimate of drug-likeness (QED) is 0.836. The van der Waals surface area contributed by atoms with Gasteiger partial charge in [0.2, 0.25) is 5.13 Å². The molecule has 0 spiro atoms. The largest absolute Gasteiger partial charge is 0.346 e. The van der Waals surface area contributed by atoms with Crippen molar-refractivity contribution in [3.05, 3.63) is 28.2 Å². The smallest absolute Gasteiger partial charge is 0.205 e. The highest BCUT2D eigenvalue weighted by Gasteiger charge is 2.11. The van der Waals surface area contributed by atoms with Gasteiger partial charge in [0, 0.05) is 31.0 Å². The number of anilines is 1. The highest BCUT2D eigenvalue weighted by molar-refractivity contribution is 7.09. The monoisotopic (exact) mass is 253 g/mol. The molecule has 0 aliphatic carbocycles. The van der Waals surface area contributed by atoms with Crippen LogP contribution < -0.4 is 4.90 Å². The van der Waals surface area contributed by atoms with E-state index in [0.29, 0.717) is 5.92 Å². The molecule has 0 N–H and O–H groups in total. The van der Waals surface area contributed by atoms with Gasteiger partial charge in [-0.25, -0.2) is 4.98 Å². The SMILES string of the molecule is CC(C)c1nsc(N(C)Cc2ccsc2)n1. The molecule has 2 rings (SSSR count). The predicted molar refractivity (Wildman–Crippen MR) is 70.4 cm³/mol. The summed E-state index contributed by atoms with van der Waals surface area (Å²) in [5, 5.41) is 5.26. The molecule has 3 nitrogen and oxygen atoms in total. The molecule has 0 aliphatic heterocycles. The predicted octanol–water partition coefficient (Wildman–Crippen LogP) is 3.36. The van der Waals surface area contributed by atoms with E-state index in [4.69, 9.17) is 0 Å². The Morgan fingerprint density at radius 2 is 2.25 bits per heavy atom. The molecule has 0 saturated heterocycles. The molecule has 0 fully saturated rings. The molecule has 0 amide bonds. The Balaban J connectivity index is 2.06. The second kappa shape index (κ2) is 4.93. The fraction of sp³-hybridized carbons (Fsp3) is 0.455. The maximum Gasteiger partial charge on any atom is 0.205 e. The van der Waals surface area contributed by atoms with Gasteiger partial charge in [-0.3, -0.25) is 0 Å². The lowest BCUT2D eigenvalue weighted by Crippen LogP contribution is -2.15. The summed E-state index contributed by atoms with van der Waals surface area (Å²) in [6, 6.07) is 2.14. The maximum atomic E-state index is 4.53. The summed E-state index contributed by atoms with van der Waals surface area (Å²) in [6.45, 7) is 5.13. The zero-order valence-corrected chi connectivity index (χ0v) is 11.3.